The molecule has 0 unspecified atom stereocenters. The molecule has 1 fully saturated rings. The minimum Gasteiger partial charge on any atom is -0.377 e. The van der Waals surface area contributed by atoms with E-state index in [4.69, 9.17) is 17.0 Å². The third-order valence-electron chi connectivity index (χ3n) is 1.50. The van der Waals surface area contributed by atoms with Gasteiger partial charge in [0.1, 0.15) is 0 Å². The lowest BCUT2D eigenvalue weighted by atomic mass is 10.1. The Morgan fingerprint density at radius 1 is 1.60 bits per heavy atom. The fourth-order valence-corrected chi connectivity index (χ4v) is 1.47. The summed E-state index contributed by atoms with van der Waals surface area (Å²) >= 11 is 5.05. The van der Waals surface area contributed by atoms with E-state index in [0.29, 0.717) is 0 Å². The number of thiocarbonyl (C=S) groups is 1. The van der Waals surface area contributed by atoms with Crippen molar-refractivity contribution in [3.05, 3.63) is 0 Å². The van der Waals surface area contributed by atoms with Crippen LogP contribution in [0.15, 0.2) is 0 Å². The lowest BCUT2D eigenvalue weighted by Crippen LogP contribution is -2.27. The maximum Gasteiger partial charge on any atom is 0.0782 e. The second kappa shape index (κ2) is 2.84. The molecule has 0 bridgehead atoms. The predicted molar refractivity (Wildman–Crippen MR) is 45.2 cm³/mol. The normalized spacial score (nSPS) is 25.2. The third kappa shape index (κ3) is 2.23. The standard InChI is InChI=1S/C7H13NOS/c1-7(2)5-6(10)8-3-4-9-7/h3-5H2,1-2H3,(H,8,10). The van der Waals surface area contributed by atoms with Gasteiger partial charge in [-0.2, -0.15) is 0 Å². The van der Waals surface area contributed by atoms with Crippen LogP contribution in [0.4, 0.5) is 0 Å². The van der Waals surface area contributed by atoms with Gasteiger partial charge < -0.3 is 10.1 Å². The number of nitrogens with one attached hydrogen (secondary N) is 1. The van der Waals surface area contributed by atoms with Crippen molar-refractivity contribution in [3.63, 3.8) is 0 Å². The number of ether oxygens (including phenoxy) is 1. The zero-order valence-corrected chi connectivity index (χ0v) is 7.25. The Labute approximate surface area is 66.9 Å². The summed E-state index contributed by atoms with van der Waals surface area (Å²) in [6, 6.07) is 0. The Morgan fingerprint density at radius 3 is 3.00 bits per heavy atom. The molecule has 1 N–H and O–H groups in total. The Bertz CT molecular complexity index is 145. The summed E-state index contributed by atoms with van der Waals surface area (Å²) in [6.07, 6.45) is 0.836. The summed E-state index contributed by atoms with van der Waals surface area (Å²) in [5.41, 5.74) is -0.0689. The fourth-order valence-electron chi connectivity index (χ4n) is 1.02. The Morgan fingerprint density at radius 2 is 2.30 bits per heavy atom. The van der Waals surface area contributed by atoms with Crippen molar-refractivity contribution in [2.24, 2.45) is 0 Å². The molecule has 3 heteroatoms. The molecule has 10 heavy (non-hydrogen) atoms. The molecular formula is C7H13NOS. The van der Waals surface area contributed by atoms with Gasteiger partial charge in [-0.25, -0.2) is 0 Å². The molecule has 0 spiro atoms. The number of hydrogen-bond donors (Lipinski definition) is 1. The third-order valence-corrected chi connectivity index (χ3v) is 1.79. The van der Waals surface area contributed by atoms with E-state index in [-0.39, 0.29) is 5.60 Å². The first kappa shape index (κ1) is 7.95. The summed E-state index contributed by atoms with van der Waals surface area (Å²) in [6.45, 7) is 5.73. The van der Waals surface area contributed by atoms with Gasteiger partial charge in [0.15, 0.2) is 0 Å². The average molecular weight is 159 g/mol. The van der Waals surface area contributed by atoms with E-state index in [0.717, 1.165) is 24.6 Å². The quantitative estimate of drug-likeness (QED) is 0.535. The molecule has 0 aliphatic carbocycles. The van der Waals surface area contributed by atoms with Gasteiger partial charge in [-0.3, -0.25) is 0 Å². The van der Waals surface area contributed by atoms with E-state index >= 15 is 0 Å². The molecule has 58 valence electrons. The molecule has 0 atom stereocenters. The van der Waals surface area contributed by atoms with Crippen molar-refractivity contribution in [1.29, 1.82) is 0 Å². The zero-order chi connectivity index (χ0) is 7.61. The fraction of sp³-hybridized carbons (Fsp3) is 0.857. The molecule has 0 amide bonds. The monoisotopic (exact) mass is 159 g/mol. The van der Waals surface area contributed by atoms with Crippen LogP contribution in [0.3, 0.4) is 0 Å². The van der Waals surface area contributed by atoms with Crippen molar-refractivity contribution >= 4 is 17.2 Å². The molecule has 0 saturated carbocycles. The molecule has 1 heterocycles. The lowest BCUT2D eigenvalue weighted by molar-refractivity contribution is -0.00256. The lowest BCUT2D eigenvalue weighted by Gasteiger charge is -2.21. The highest BCUT2D eigenvalue weighted by Gasteiger charge is 2.22. The van der Waals surface area contributed by atoms with Crippen molar-refractivity contribution in [1.82, 2.24) is 5.32 Å². The van der Waals surface area contributed by atoms with E-state index in [1.807, 2.05) is 0 Å². The largest absolute Gasteiger partial charge is 0.377 e. The highest BCUT2D eigenvalue weighted by Crippen LogP contribution is 2.16. The second-order valence-corrected chi connectivity index (χ2v) is 3.63. The van der Waals surface area contributed by atoms with E-state index in [9.17, 15) is 0 Å². The maximum absolute atomic E-state index is 5.51. The van der Waals surface area contributed by atoms with Gasteiger partial charge >= 0.3 is 0 Å². The minimum atomic E-state index is -0.0689. The molecule has 1 saturated heterocycles. The molecule has 0 radical (unpaired) electrons. The number of rotatable bonds is 0. The predicted octanol–water partition coefficient (Wildman–Crippen LogP) is 1.10. The van der Waals surface area contributed by atoms with Crippen LogP contribution in [0, 0.1) is 0 Å². The van der Waals surface area contributed by atoms with E-state index < -0.39 is 0 Å². The first-order valence-electron chi connectivity index (χ1n) is 3.51. The van der Waals surface area contributed by atoms with Crippen LogP contribution < -0.4 is 5.32 Å². The molecule has 1 aliphatic rings. The SMILES string of the molecule is CC1(C)CC(=S)NCCO1. The maximum atomic E-state index is 5.51. The molecule has 0 aromatic carbocycles. The van der Waals surface area contributed by atoms with Crippen LogP contribution in [0.5, 0.6) is 0 Å². The first-order chi connectivity index (χ1) is 4.60. The summed E-state index contributed by atoms with van der Waals surface area (Å²) in [5.74, 6) is 0. The number of hydrogen-bond acceptors (Lipinski definition) is 2. The van der Waals surface area contributed by atoms with Crippen molar-refractivity contribution in [2.45, 2.75) is 25.9 Å². The van der Waals surface area contributed by atoms with Crippen LogP contribution in [0.2, 0.25) is 0 Å². The van der Waals surface area contributed by atoms with Gasteiger partial charge in [-0.1, -0.05) is 12.2 Å². The summed E-state index contributed by atoms with van der Waals surface area (Å²) < 4.78 is 5.51. The minimum absolute atomic E-state index is 0.0689. The van der Waals surface area contributed by atoms with Gasteiger partial charge in [0.25, 0.3) is 0 Å². The zero-order valence-electron chi connectivity index (χ0n) is 6.44. The van der Waals surface area contributed by atoms with Crippen LogP contribution in [0.1, 0.15) is 20.3 Å². The van der Waals surface area contributed by atoms with Gasteiger partial charge in [0, 0.05) is 13.0 Å². The molecule has 1 aliphatic heterocycles. The molecule has 2 nitrogen and oxygen atoms in total. The van der Waals surface area contributed by atoms with E-state index in [2.05, 4.69) is 19.2 Å². The summed E-state index contributed by atoms with van der Waals surface area (Å²) in [4.78, 5) is 0.919. The van der Waals surface area contributed by atoms with Crippen LogP contribution in [-0.4, -0.2) is 23.7 Å². The Balaban J connectivity index is 2.54. The van der Waals surface area contributed by atoms with Crippen LogP contribution in [-0.2, 0) is 4.74 Å². The summed E-state index contributed by atoms with van der Waals surface area (Å²) in [7, 11) is 0. The van der Waals surface area contributed by atoms with Gasteiger partial charge in [-0.05, 0) is 13.8 Å². The van der Waals surface area contributed by atoms with Crippen LogP contribution in [0.25, 0.3) is 0 Å². The highest BCUT2D eigenvalue weighted by atomic mass is 32.1. The molecule has 1 rings (SSSR count). The van der Waals surface area contributed by atoms with Crippen molar-refractivity contribution in [3.8, 4) is 0 Å². The average Bonchev–Trinajstić information content (AvgIpc) is 1.90. The Kier molecular flexibility index (Phi) is 2.26. The van der Waals surface area contributed by atoms with Gasteiger partial charge in [-0.15, -0.1) is 0 Å². The molecular weight excluding hydrogens is 146 g/mol. The van der Waals surface area contributed by atoms with Crippen LogP contribution >= 0.6 is 12.2 Å². The first-order valence-corrected chi connectivity index (χ1v) is 3.92. The van der Waals surface area contributed by atoms with Gasteiger partial charge in [0.2, 0.25) is 0 Å². The Hall–Kier alpha value is -0.150. The second-order valence-electron chi connectivity index (χ2n) is 3.13. The van der Waals surface area contributed by atoms with E-state index in [1.165, 1.54) is 0 Å². The van der Waals surface area contributed by atoms with Gasteiger partial charge in [0.05, 0.1) is 17.2 Å². The molecule has 0 aromatic heterocycles. The van der Waals surface area contributed by atoms with E-state index in [1.54, 1.807) is 0 Å². The summed E-state index contributed by atoms with van der Waals surface area (Å²) in [5, 5.41) is 3.11. The van der Waals surface area contributed by atoms with Crippen molar-refractivity contribution in [2.75, 3.05) is 13.2 Å². The topological polar surface area (TPSA) is 21.3 Å². The van der Waals surface area contributed by atoms with Crippen molar-refractivity contribution < 1.29 is 4.74 Å². The highest BCUT2D eigenvalue weighted by molar-refractivity contribution is 7.80. The molecule has 0 aromatic rings. The smallest absolute Gasteiger partial charge is 0.0782 e.